The summed E-state index contributed by atoms with van der Waals surface area (Å²) in [6.45, 7) is 6.23. The summed E-state index contributed by atoms with van der Waals surface area (Å²) in [6.07, 6.45) is 1.87. The number of benzene rings is 1. The van der Waals surface area contributed by atoms with Crippen molar-refractivity contribution in [3.8, 4) is 0 Å². The van der Waals surface area contributed by atoms with Crippen LogP contribution in [0.1, 0.15) is 35.6 Å². The topological polar surface area (TPSA) is 32.3 Å². The lowest BCUT2D eigenvalue weighted by Gasteiger charge is -2.28. The van der Waals surface area contributed by atoms with Gasteiger partial charge in [0.05, 0.1) is 6.10 Å². The fraction of sp³-hybridized carbons (Fsp3) is 0.571. The van der Waals surface area contributed by atoms with Crippen LogP contribution in [0.15, 0.2) is 18.2 Å². The lowest BCUT2D eigenvalue weighted by molar-refractivity contribution is 0.0883. The minimum Gasteiger partial charge on any atom is -0.388 e. The summed E-state index contributed by atoms with van der Waals surface area (Å²) in [5.41, 5.74) is 3.55. The molecule has 2 rings (SSSR count). The number of aliphatic hydroxyl groups excluding tert-OH is 1. The first-order valence-corrected chi connectivity index (χ1v) is 6.14. The quantitative estimate of drug-likeness (QED) is 0.800. The molecular weight excluding hydrogens is 198 g/mol. The molecule has 0 radical (unpaired) electrons. The maximum absolute atomic E-state index is 10.4. The van der Waals surface area contributed by atoms with E-state index < -0.39 is 0 Å². The second-order valence-electron chi connectivity index (χ2n) is 4.89. The summed E-state index contributed by atoms with van der Waals surface area (Å²) >= 11 is 0. The average Bonchev–Trinajstić information content (AvgIpc) is 2.32. The first kappa shape index (κ1) is 11.6. The largest absolute Gasteiger partial charge is 0.388 e. The predicted octanol–water partition coefficient (Wildman–Crippen LogP) is 2.34. The van der Waals surface area contributed by atoms with Crippen LogP contribution in [0, 0.1) is 19.8 Å². The summed E-state index contributed by atoms with van der Waals surface area (Å²) in [7, 11) is 0. The summed E-state index contributed by atoms with van der Waals surface area (Å²) in [4.78, 5) is 0. The van der Waals surface area contributed by atoms with E-state index in [-0.39, 0.29) is 6.10 Å². The Balaban J connectivity index is 2.18. The highest BCUT2D eigenvalue weighted by Crippen LogP contribution is 2.30. The lowest BCUT2D eigenvalue weighted by Crippen LogP contribution is -2.31. The second-order valence-corrected chi connectivity index (χ2v) is 4.89. The molecule has 88 valence electrons. The second kappa shape index (κ2) is 4.98. The van der Waals surface area contributed by atoms with Crippen molar-refractivity contribution in [2.45, 2.75) is 32.8 Å². The van der Waals surface area contributed by atoms with E-state index in [1.54, 1.807) is 0 Å². The molecule has 16 heavy (non-hydrogen) atoms. The molecule has 1 saturated heterocycles. The number of aryl methyl sites for hydroxylation is 2. The zero-order chi connectivity index (χ0) is 11.5. The molecule has 1 aromatic rings. The molecule has 1 atom stereocenters. The molecule has 1 unspecified atom stereocenters. The third-order valence-corrected chi connectivity index (χ3v) is 3.58. The molecule has 2 nitrogen and oxygen atoms in total. The van der Waals surface area contributed by atoms with Crippen LogP contribution in [-0.4, -0.2) is 18.2 Å². The van der Waals surface area contributed by atoms with E-state index >= 15 is 0 Å². The first-order valence-electron chi connectivity index (χ1n) is 6.14. The maximum atomic E-state index is 10.4. The van der Waals surface area contributed by atoms with Crippen LogP contribution in [-0.2, 0) is 0 Å². The molecular formula is C14H21NO. The zero-order valence-electron chi connectivity index (χ0n) is 10.2. The highest BCUT2D eigenvalue weighted by molar-refractivity contribution is 5.32. The third kappa shape index (κ3) is 2.45. The molecule has 1 heterocycles. The fourth-order valence-electron chi connectivity index (χ4n) is 2.49. The number of aliphatic hydroxyl groups is 1. The van der Waals surface area contributed by atoms with Crippen molar-refractivity contribution in [1.82, 2.24) is 5.32 Å². The number of piperidine rings is 1. The van der Waals surface area contributed by atoms with E-state index in [4.69, 9.17) is 0 Å². The van der Waals surface area contributed by atoms with Crippen molar-refractivity contribution in [2.75, 3.05) is 13.1 Å². The van der Waals surface area contributed by atoms with Gasteiger partial charge in [0.1, 0.15) is 0 Å². The van der Waals surface area contributed by atoms with Crippen LogP contribution < -0.4 is 5.32 Å². The molecule has 0 aliphatic carbocycles. The Morgan fingerprint density at radius 1 is 1.25 bits per heavy atom. The Bertz CT molecular complexity index is 356. The summed E-state index contributed by atoms with van der Waals surface area (Å²) in [5, 5.41) is 13.8. The fourth-order valence-corrected chi connectivity index (χ4v) is 2.49. The van der Waals surface area contributed by atoms with Crippen LogP contribution in [0.2, 0.25) is 0 Å². The normalized spacial score (nSPS) is 19.7. The zero-order valence-corrected chi connectivity index (χ0v) is 10.2. The smallest absolute Gasteiger partial charge is 0.0821 e. The van der Waals surface area contributed by atoms with E-state index in [1.165, 1.54) is 11.1 Å². The average molecular weight is 219 g/mol. The van der Waals surface area contributed by atoms with Gasteiger partial charge in [-0.2, -0.15) is 0 Å². The van der Waals surface area contributed by atoms with Crippen LogP contribution in [0.5, 0.6) is 0 Å². The highest BCUT2D eigenvalue weighted by Gasteiger charge is 2.23. The van der Waals surface area contributed by atoms with Crippen molar-refractivity contribution in [3.63, 3.8) is 0 Å². The molecule has 1 aromatic carbocycles. The Labute approximate surface area is 97.7 Å². The molecule has 2 heteroatoms. The molecule has 1 fully saturated rings. The number of rotatable bonds is 2. The summed E-state index contributed by atoms with van der Waals surface area (Å²) < 4.78 is 0. The van der Waals surface area contributed by atoms with Gasteiger partial charge in [-0.25, -0.2) is 0 Å². The van der Waals surface area contributed by atoms with Crippen molar-refractivity contribution in [2.24, 2.45) is 5.92 Å². The Morgan fingerprint density at radius 3 is 2.62 bits per heavy atom. The van der Waals surface area contributed by atoms with E-state index in [1.807, 2.05) is 0 Å². The van der Waals surface area contributed by atoms with Gasteiger partial charge in [-0.3, -0.25) is 0 Å². The molecule has 0 saturated carbocycles. The SMILES string of the molecule is Cc1ccc(C)c(C(O)C2CCNCC2)c1. The van der Waals surface area contributed by atoms with Gasteiger partial charge in [-0.05, 0) is 56.8 Å². The Kier molecular flexibility index (Phi) is 3.62. The van der Waals surface area contributed by atoms with Crippen LogP contribution >= 0.6 is 0 Å². The molecule has 0 spiro atoms. The van der Waals surface area contributed by atoms with Gasteiger partial charge >= 0.3 is 0 Å². The summed E-state index contributed by atoms with van der Waals surface area (Å²) in [5.74, 6) is 0.418. The molecule has 0 aromatic heterocycles. The van der Waals surface area contributed by atoms with Crippen LogP contribution in [0.25, 0.3) is 0 Å². The lowest BCUT2D eigenvalue weighted by atomic mass is 9.86. The molecule has 2 N–H and O–H groups in total. The third-order valence-electron chi connectivity index (χ3n) is 3.58. The van der Waals surface area contributed by atoms with E-state index in [0.29, 0.717) is 5.92 Å². The highest BCUT2D eigenvalue weighted by atomic mass is 16.3. The predicted molar refractivity (Wildman–Crippen MR) is 66.5 cm³/mol. The minimum absolute atomic E-state index is 0.290. The molecule has 1 aliphatic heterocycles. The Hall–Kier alpha value is -0.860. The standard InChI is InChI=1S/C14H21NO/c1-10-3-4-11(2)13(9-10)14(16)12-5-7-15-8-6-12/h3-4,9,12,14-16H,5-8H2,1-2H3. The maximum Gasteiger partial charge on any atom is 0.0821 e. The van der Waals surface area contributed by atoms with Crippen LogP contribution in [0.3, 0.4) is 0 Å². The summed E-state index contributed by atoms with van der Waals surface area (Å²) in [6, 6.07) is 6.34. The molecule has 1 aliphatic rings. The van der Waals surface area contributed by atoms with Gasteiger partial charge in [-0.1, -0.05) is 23.8 Å². The van der Waals surface area contributed by atoms with Crippen molar-refractivity contribution in [1.29, 1.82) is 0 Å². The van der Waals surface area contributed by atoms with Crippen molar-refractivity contribution >= 4 is 0 Å². The molecule has 0 amide bonds. The van der Waals surface area contributed by atoms with Crippen molar-refractivity contribution in [3.05, 3.63) is 34.9 Å². The molecule has 0 bridgehead atoms. The number of hydrogen-bond acceptors (Lipinski definition) is 2. The van der Waals surface area contributed by atoms with Gasteiger partial charge in [0, 0.05) is 0 Å². The van der Waals surface area contributed by atoms with Crippen molar-refractivity contribution < 1.29 is 5.11 Å². The van der Waals surface area contributed by atoms with E-state index in [2.05, 4.69) is 37.4 Å². The monoisotopic (exact) mass is 219 g/mol. The van der Waals surface area contributed by atoms with E-state index in [0.717, 1.165) is 31.5 Å². The van der Waals surface area contributed by atoms with Gasteiger partial charge in [0.15, 0.2) is 0 Å². The van der Waals surface area contributed by atoms with E-state index in [9.17, 15) is 5.11 Å². The van der Waals surface area contributed by atoms with Gasteiger partial charge < -0.3 is 10.4 Å². The Morgan fingerprint density at radius 2 is 1.94 bits per heavy atom. The van der Waals surface area contributed by atoms with Gasteiger partial charge in [0.2, 0.25) is 0 Å². The first-order chi connectivity index (χ1) is 7.68. The van der Waals surface area contributed by atoms with Gasteiger partial charge in [0.25, 0.3) is 0 Å². The minimum atomic E-state index is -0.290. The van der Waals surface area contributed by atoms with Crippen LogP contribution in [0.4, 0.5) is 0 Å². The number of hydrogen-bond donors (Lipinski definition) is 2. The number of nitrogens with one attached hydrogen (secondary N) is 1. The van der Waals surface area contributed by atoms with Gasteiger partial charge in [-0.15, -0.1) is 0 Å².